The third-order valence-corrected chi connectivity index (χ3v) is 4.27. The second-order valence-corrected chi connectivity index (χ2v) is 6.28. The minimum atomic E-state index is -0.313. The Morgan fingerprint density at radius 2 is 2.00 bits per heavy atom. The summed E-state index contributed by atoms with van der Waals surface area (Å²) in [6.07, 6.45) is 6.04. The zero-order valence-electron chi connectivity index (χ0n) is 14.9. The van der Waals surface area contributed by atoms with Crippen molar-refractivity contribution in [3.05, 3.63) is 46.1 Å². The van der Waals surface area contributed by atoms with Crippen molar-refractivity contribution in [2.24, 2.45) is 0 Å². The van der Waals surface area contributed by atoms with Crippen LogP contribution in [0.3, 0.4) is 0 Å². The molecule has 4 N–H and O–H groups in total. The number of nitrogens with one attached hydrogen (secondary N) is 2. The molecule has 26 heavy (non-hydrogen) atoms. The Morgan fingerprint density at radius 3 is 2.77 bits per heavy atom. The Kier molecular flexibility index (Phi) is 5.01. The zero-order valence-corrected chi connectivity index (χ0v) is 14.9. The van der Waals surface area contributed by atoms with Crippen LogP contribution in [0.4, 0.5) is 17.3 Å². The third-order valence-electron chi connectivity index (χ3n) is 4.27. The molecule has 0 saturated carbocycles. The van der Waals surface area contributed by atoms with Crippen LogP contribution in [0, 0.1) is 6.92 Å². The molecule has 2 aromatic rings. The highest BCUT2D eigenvalue weighted by Gasteiger charge is 2.20. The lowest BCUT2D eigenvalue weighted by atomic mass is 10.1. The number of pyridine rings is 1. The summed E-state index contributed by atoms with van der Waals surface area (Å²) in [5, 5.41) is 5.87. The highest BCUT2D eigenvalue weighted by atomic mass is 16.2. The Hall–Kier alpha value is -3.16. The van der Waals surface area contributed by atoms with Crippen molar-refractivity contribution >= 4 is 28.9 Å². The van der Waals surface area contributed by atoms with Gasteiger partial charge in [-0.1, -0.05) is 6.08 Å². The van der Waals surface area contributed by atoms with Gasteiger partial charge in [0.15, 0.2) is 0 Å². The Balaban J connectivity index is 2.14. The predicted octanol–water partition coefficient (Wildman–Crippen LogP) is 2.05. The maximum Gasteiger partial charge on any atom is 0.279 e. The molecule has 2 aromatic heterocycles. The Bertz CT molecular complexity index is 932. The van der Waals surface area contributed by atoms with Crippen LogP contribution in [0.1, 0.15) is 42.2 Å². The molecule has 1 aliphatic rings. The number of nitrogen functional groups attached to an aromatic ring is 1. The lowest BCUT2D eigenvalue weighted by Gasteiger charge is -2.19. The third kappa shape index (κ3) is 3.58. The van der Waals surface area contributed by atoms with Crippen molar-refractivity contribution in [3.8, 4) is 0 Å². The number of fused-ring (bicyclic) bond motifs is 1. The van der Waals surface area contributed by atoms with Gasteiger partial charge in [-0.25, -0.2) is 9.97 Å². The zero-order chi connectivity index (χ0) is 18.7. The number of anilines is 3. The van der Waals surface area contributed by atoms with E-state index in [0.717, 1.165) is 25.0 Å². The number of nitrogens with two attached hydrogens (primary N) is 1. The molecule has 0 fully saturated rings. The van der Waals surface area contributed by atoms with Crippen LogP contribution in [-0.4, -0.2) is 27.0 Å². The van der Waals surface area contributed by atoms with E-state index in [1.54, 1.807) is 12.1 Å². The maximum absolute atomic E-state index is 13.1. The minimum absolute atomic E-state index is 0.243. The normalized spacial score (nSPS) is 16.8. The van der Waals surface area contributed by atoms with E-state index in [1.165, 1.54) is 10.9 Å². The number of hydrogen-bond acceptors (Lipinski definition) is 6. The van der Waals surface area contributed by atoms with Crippen LogP contribution in [0.25, 0.3) is 5.70 Å². The van der Waals surface area contributed by atoms with Crippen molar-refractivity contribution in [1.82, 2.24) is 19.9 Å². The number of rotatable bonds is 2. The number of allylic oxidation sites excluding steroid dienone is 2. The van der Waals surface area contributed by atoms with E-state index in [0.29, 0.717) is 35.1 Å². The van der Waals surface area contributed by atoms with E-state index in [1.807, 2.05) is 19.9 Å². The number of carbonyl (C=O) groups is 1. The molecule has 8 nitrogen and oxygen atoms in total. The maximum atomic E-state index is 13.1. The van der Waals surface area contributed by atoms with E-state index in [2.05, 4.69) is 20.6 Å². The van der Waals surface area contributed by atoms with Gasteiger partial charge in [0.1, 0.15) is 29.3 Å². The van der Waals surface area contributed by atoms with Crippen molar-refractivity contribution in [2.45, 2.75) is 33.1 Å². The molecular formula is C18H22N6O2. The summed E-state index contributed by atoms with van der Waals surface area (Å²) in [6.45, 7) is 4.24. The van der Waals surface area contributed by atoms with E-state index >= 15 is 0 Å². The van der Waals surface area contributed by atoms with Gasteiger partial charge in [0.05, 0.1) is 0 Å². The van der Waals surface area contributed by atoms with Crippen molar-refractivity contribution in [3.63, 3.8) is 0 Å². The minimum Gasteiger partial charge on any atom is -0.384 e. The first-order valence-corrected chi connectivity index (χ1v) is 8.54. The van der Waals surface area contributed by atoms with Gasteiger partial charge in [-0.15, -0.1) is 0 Å². The number of amides is 1. The molecule has 136 valence electrons. The molecule has 0 unspecified atom stereocenters. The number of hydrogen-bond donors (Lipinski definition) is 3. The van der Waals surface area contributed by atoms with Gasteiger partial charge in [-0.05, 0) is 44.7 Å². The molecule has 3 heterocycles. The summed E-state index contributed by atoms with van der Waals surface area (Å²) in [5.41, 5.74) is 7.46. The van der Waals surface area contributed by atoms with Crippen LogP contribution >= 0.6 is 0 Å². The fraction of sp³-hybridized carbons (Fsp3) is 0.333. The van der Waals surface area contributed by atoms with Crippen LogP contribution in [-0.2, 0) is 0 Å². The summed E-state index contributed by atoms with van der Waals surface area (Å²) in [4.78, 5) is 33.6. The first-order valence-electron chi connectivity index (χ1n) is 8.54. The summed E-state index contributed by atoms with van der Waals surface area (Å²) in [6, 6.07) is 3.20. The SMILES string of the molecule is C/C1=C/CCCCNC(=O)c2c(C)cc(Nc3cc(N)ncn3)c(=O)n21. The van der Waals surface area contributed by atoms with Gasteiger partial charge in [0.2, 0.25) is 0 Å². The van der Waals surface area contributed by atoms with E-state index in [9.17, 15) is 9.59 Å². The summed E-state index contributed by atoms with van der Waals surface area (Å²) in [5.74, 6) is 0.473. The molecule has 0 aliphatic carbocycles. The van der Waals surface area contributed by atoms with Crippen LogP contribution in [0.2, 0.25) is 0 Å². The van der Waals surface area contributed by atoms with Crippen molar-refractivity contribution in [2.75, 3.05) is 17.6 Å². The second kappa shape index (κ2) is 7.38. The molecule has 0 aromatic carbocycles. The standard InChI is InChI=1S/C18H22N6O2/c1-11-8-13(23-15-9-14(19)21-10-22-15)18(26)24-12(2)6-4-3-5-7-20-17(25)16(11)24/h6,8-10H,3-5,7H2,1-2H3,(H,20,25)(H3,19,21,22,23)/b12-6-. The highest BCUT2D eigenvalue weighted by molar-refractivity contribution is 5.95. The molecule has 0 spiro atoms. The molecule has 0 saturated heterocycles. The molecule has 1 aliphatic heterocycles. The van der Waals surface area contributed by atoms with Gasteiger partial charge in [-0.3, -0.25) is 14.2 Å². The highest BCUT2D eigenvalue weighted by Crippen LogP contribution is 2.19. The summed E-state index contributed by atoms with van der Waals surface area (Å²) in [7, 11) is 0. The smallest absolute Gasteiger partial charge is 0.279 e. The van der Waals surface area contributed by atoms with Crippen molar-refractivity contribution in [1.29, 1.82) is 0 Å². The van der Waals surface area contributed by atoms with Crippen LogP contribution < -0.4 is 21.9 Å². The number of nitrogens with zero attached hydrogens (tertiary/aromatic N) is 3. The van der Waals surface area contributed by atoms with Gasteiger partial charge in [0.25, 0.3) is 11.5 Å². The Labute approximate surface area is 151 Å². The number of carbonyl (C=O) groups excluding carboxylic acids is 1. The average Bonchev–Trinajstić information content (AvgIpc) is 2.59. The number of aryl methyl sites for hydroxylation is 1. The summed E-state index contributed by atoms with van der Waals surface area (Å²) < 4.78 is 1.46. The fourth-order valence-electron chi connectivity index (χ4n) is 2.99. The first-order chi connectivity index (χ1) is 12.5. The molecule has 0 atom stereocenters. The quantitative estimate of drug-likeness (QED) is 0.760. The summed E-state index contributed by atoms with van der Waals surface area (Å²) >= 11 is 0. The monoisotopic (exact) mass is 354 g/mol. The lowest BCUT2D eigenvalue weighted by Crippen LogP contribution is -2.34. The van der Waals surface area contributed by atoms with Gasteiger partial charge >= 0.3 is 0 Å². The predicted molar refractivity (Wildman–Crippen MR) is 101 cm³/mol. The lowest BCUT2D eigenvalue weighted by molar-refractivity contribution is 0.0944. The van der Waals surface area contributed by atoms with Crippen LogP contribution in [0.5, 0.6) is 0 Å². The average molecular weight is 354 g/mol. The van der Waals surface area contributed by atoms with E-state index in [4.69, 9.17) is 5.73 Å². The number of aromatic nitrogens is 3. The van der Waals surface area contributed by atoms with Crippen molar-refractivity contribution < 1.29 is 4.79 Å². The van der Waals surface area contributed by atoms with Gasteiger partial charge in [0, 0.05) is 18.3 Å². The molecule has 1 amide bonds. The second-order valence-electron chi connectivity index (χ2n) is 6.28. The molecule has 0 bridgehead atoms. The van der Waals surface area contributed by atoms with E-state index in [-0.39, 0.29) is 11.5 Å². The van der Waals surface area contributed by atoms with Gasteiger partial charge < -0.3 is 16.4 Å². The topological polar surface area (TPSA) is 115 Å². The molecule has 8 heteroatoms. The van der Waals surface area contributed by atoms with Crippen LogP contribution in [0.15, 0.2) is 29.3 Å². The molecule has 0 radical (unpaired) electrons. The fourth-order valence-corrected chi connectivity index (χ4v) is 2.99. The first kappa shape index (κ1) is 17.7. The largest absolute Gasteiger partial charge is 0.384 e. The van der Waals surface area contributed by atoms with E-state index < -0.39 is 0 Å². The molecular weight excluding hydrogens is 332 g/mol. The van der Waals surface area contributed by atoms with Gasteiger partial charge in [-0.2, -0.15) is 0 Å². The molecule has 3 rings (SSSR count). The Morgan fingerprint density at radius 1 is 1.19 bits per heavy atom.